The van der Waals surface area contributed by atoms with Gasteiger partial charge in [0, 0.05) is 59.2 Å². The highest BCUT2D eigenvalue weighted by atomic mass is 32.2. The molecule has 0 aliphatic carbocycles. The number of guanidine groups is 1. The molecule has 0 aromatic rings. The van der Waals surface area contributed by atoms with Crippen LogP contribution in [-0.2, 0) is 19.5 Å². The summed E-state index contributed by atoms with van der Waals surface area (Å²) in [4.78, 5) is 4.69. The van der Waals surface area contributed by atoms with Crippen LogP contribution < -0.4 is 10.6 Å². The molecule has 2 rings (SSSR count). The lowest BCUT2D eigenvalue weighted by Gasteiger charge is -2.29. The van der Waals surface area contributed by atoms with Gasteiger partial charge in [0.05, 0.1) is 6.26 Å². The number of aliphatic imine (C=N–C) groups is 1. The Morgan fingerprint density at radius 3 is 2.50 bits per heavy atom. The second kappa shape index (κ2) is 12.6. The number of nitrogens with one attached hydrogen (secondary N) is 2. The standard InChI is InChI=1S/C19H38N4O4S/c1-3-20-19(21-9-4-12-27-16-18-7-13-26-14-8-18)22-15-17-5-10-23(11-6-17)28(2,24)25/h17-18H,3-16H2,1-2H3,(H2,20,21,22). The molecule has 0 aromatic carbocycles. The lowest BCUT2D eigenvalue weighted by atomic mass is 9.98. The van der Waals surface area contributed by atoms with Crippen LogP contribution in [0.5, 0.6) is 0 Å². The average molecular weight is 419 g/mol. The number of hydrogen-bond acceptors (Lipinski definition) is 5. The third-order valence-electron chi connectivity index (χ3n) is 5.35. The number of hydrogen-bond donors (Lipinski definition) is 2. The maximum atomic E-state index is 11.6. The smallest absolute Gasteiger partial charge is 0.211 e. The number of rotatable bonds is 10. The van der Waals surface area contributed by atoms with Crippen LogP contribution in [0.4, 0.5) is 0 Å². The van der Waals surface area contributed by atoms with Crippen LogP contribution in [-0.4, -0.2) is 84.1 Å². The van der Waals surface area contributed by atoms with E-state index in [4.69, 9.17) is 9.47 Å². The van der Waals surface area contributed by atoms with Crippen LogP contribution in [0.25, 0.3) is 0 Å². The first-order chi connectivity index (χ1) is 13.5. The Bertz CT molecular complexity index is 556. The highest BCUT2D eigenvalue weighted by Gasteiger charge is 2.24. The first-order valence-corrected chi connectivity index (χ1v) is 12.5. The minimum absolute atomic E-state index is 0.441. The van der Waals surface area contributed by atoms with Crippen LogP contribution in [0, 0.1) is 11.8 Å². The fourth-order valence-corrected chi connectivity index (χ4v) is 4.40. The monoisotopic (exact) mass is 418 g/mol. The first kappa shape index (κ1) is 23.4. The van der Waals surface area contributed by atoms with Gasteiger partial charge < -0.3 is 20.1 Å². The number of sulfonamides is 1. The Labute approximate surface area is 170 Å². The van der Waals surface area contributed by atoms with Crippen molar-refractivity contribution in [2.75, 3.05) is 65.4 Å². The van der Waals surface area contributed by atoms with Gasteiger partial charge in [0.25, 0.3) is 0 Å². The van der Waals surface area contributed by atoms with Crippen LogP contribution in [0.15, 0.2) is 4.99 Å². The van der Waals surface area contributed by atoms with Crippen molar-refractivity contribution in [3.05, 3.63) is 0 Å². The Kier molecular flexibility index (Phi) is 10.5. The minimum Gasteiger partial charge on any atom is -0.381 e. The molecule has 0 saturated carbocycles. The van der Waals surface area contributed by atoms with E-state index in [2.05, 4.69) is 22.5 Å². The molecule has 0 bridgehead atoms. The predicted molar refractivity (Wildman–Crippen MR) is 112 cm³/mol. The molecular weight excluding hydrogens is 380 g/mol. The van der Waals surface area contributed by atoms with Crippen LogP contribution >= 0.6 is 0 Å². The van der Waals surface area contributed by atoms with E-state index in [1.54, 1.807) is 4.31 Å². The normalized spacial score (nSPS) is 21.0. The zero-order valence-electron chi connectivity index (χ0n) is 17.5. The lowest BCUT2D eigenvalue weighted by molar-refractivity contribution is 0.0203. The molecule has 0 amide bonds. The molecule has 164 valence electrons. The van der Waals surface area contributed by atoms with Gasteiger partial charge in [-0.1, -0.05) is 0 Å². The Morgan fingerprint density at radius 2 is 1.86 bits per heavy atom. The fourth-order valence-electron chi connectivity index (χ4n) is 3.53. The van der Waals surface area contributed by atoms with E-state index in [1.807, 2.05) is 0 Å². The number of ether oxygens (including phenoxy) is 2. The van der Waals surface area contributed by atoms with Crippen LogP contribution in [0.3, 0.4) is 0 Å². The Hall–Kier alpha value is -0.900. The summed E-state index contributed by atoms with van der Waals surface area (Å²) < 4.78 is 35.9. The van der Waals surface area contributed by atoms with E-state index in [1.165, 1.54) is 6.26 Å². The van der Waals surface area contributed by atoms with Gasteiger partial charge in [-0.3, -0.25) is 4.99 Å². The van der Waals surface area contributed by atoms with E-state index in [-0.39, 0.29) is 0 Å². The van der Waals surface area contributed by atoms with Crippen molar-refractivity contribution in [3.63, 3.8) is 0 Å². The maximum Gasteiger partial charge on any atom is 0.211 e. The average Bonchev–Trinajstić information content (AvgIpc) is 2.69. The van der Waals surface area contributed by atoms with Crippen molar-refractivity contribution >= 4 is 16.0 Å². The van der Waals surface area contributed by atoms with Crippen molar-refractivity contribution in [2.45, 2.75) is 39.0 Å². The van der Waals surface area contributed by atoms with Crippen molar-refractivity contribution in [3.8, 4) is 0 Å². The summed E-state index contributed by atoms with van der Waals surface area (Å²) in [5.41, 5.74) is 0. The van der Waals surface area contributed by atoms with E-state index >= 15 is 0 Å². The molecule has 0 radical (unpaired) electrons. The topological polar surface area (TPSA) is 92.3 Å². The molecular formula is C19H38N4O4S. The SMILES string of the molecule is CCNC(=NCC1CCN(S(C)(=O)=O)CC1)NCCCOCC1CCOCC1. The molecule has 2 heterocycles. The lowest BCUT2D eigenvalue weighted by Crippen LogP contribution is -2.40. The van der Waals surface area contributed by atoms with Gasteiger partial charge in [-0.2, -0.15) is 0 Å². The van der Waals surface area contributed by atoms with Gasteiger partial charge in [-0.15, -0.1) is 0 Å². The van der Waals surface area contributed by atoms with Gasteiger partial charge in [-0.25, -0.2) is 12.7 Å². The largest absolute Gasteiger partial charge is 0.381 e. The van der Waals surface area contributed by atoms with E-state index in [9.17, 15) is 8.42 Å². The molecule has 2 aliphatic rings. The zero-order chi connectivity index (χ0) is 20.2. The molecule has 9 heteroatoms. The van der Waals surface area contributed by atoms with Crippen molar-refractivity contribution in [1.82, 2.24) is 14.9 Å². The fraction of sp³-hybridized carbons (Fsp3) is 0.947. The van der Waals surface area contributed by atoms with Crippen molar-refractivity contribution in [1.29, 1.82) is 0 Å². The molecule has 0 spiro atoms. The molecule has 28 heavy (non-hydrogen) atoms. The molecule has 0 unspecified atom stereocenters. The van der Waals surface area contributed by atoms with Gasteiger partial charge in [0.1, 0.15) is 0 Å². The molecule has 8 nitrogen and oxygen atoms in total. The molecule has 2 fully saturated rings. The van der Waals surface area contributed by atoms with E-state index in [0.717, 1.165) is 84.1 Å². The highest BCUT2D eigenvalue weighted by Crippen LogP contribution is 2.19. The second-order valence-corrected chi connectivity index (χ2v) is 9.72. The third-order valence-corrected chi connectivity index (χ3v) is 6.65. The number of nitrogens with zero attached hydrogens (tertiary/aromatic N) is 2. The van der Waals surface area contributed by atoms with Crippen molar-refractivity contribution in [2.24, 2.45) is 16.8 Å². The number of piperidine rings is 1. The summed E-state index contributed by atoms with van der Waals surface area (Å²) >= 11 is 0. The Balaban J connectivity index is 1.59. The quantitative estimate of drug-likeness (QED) is 0.313. The van der Waals surface area contributed by atoms with Gasteiger partial charge in [-0.05, 0) is 50.9 Å². The maximum absolute atomic E-state index is 11.6. The first-order valence-electron chi connectivity index (χ1n) is 10.6. The van der Waals surface area contributed by atoms with Gasteiger partial charge in [0.15, 0.2) is 5.96 Å². The highest BCUT2D eigenvalue weighted by molar-refractivity contribution is 7.88. The molecule has 2 N–H and O–H groups in total. The second-order valence-electron chi connectivity index (χ2n) is 7.74. The van der Waals surface area contributed by atoms with Crippen LogP contribution in [0.1, 0.15) is 39.0 Å². The zero-order valence-corrected chi connectivity index (χ0v) is 18.3. The summed E-state index contributed by atoms with van der Waals surface area (Å²) in [7, 11) is -3.06. The predicted octanol–water partition coefficient (Wildman–Crippen LogP) is 1.05. The molecule has 0 atom stereocenters. The summed E-state index contributed by atoms with van der Waals surface area (Å²) in [5, 5.41) is 6.64. The summed E-state index contributed by atoms with van der Waals surface area (Å²) in [6, 6.07) is 0. The van der Waals surface area contributed by atoms with Gasteiger partial charge >= 0.3 is 0 Å². The van der Waals surface area contributed by atoms with Crippen LogP contribution in [0.2, 0.25) is 0 Å². The summed E-state index contributed by atoms with van der Waals surface area (Å²) in [6.45, 7) is 8.96. The van der Waals surface area contributed by atoms with Crippen molar-refractivity contribution < 1.29 is 17.9 Å². The Morgan fingerprint density at radius 1 is 1.14 bits per heavy atom. The van der Waals surface area contributed by atoms with Gasteiger partial charge in [0.2, 0.25) is 10.0 Å². The molecule has 2 aliphatic heterocycles. The summed E-state index contributed by atoms with van der Waals surface area (Å²) in [5.74, 6) is 1.92. The third kappa shape index (κ3) is 9.07. The van der Waals surface area contributed by atoms with E-state index < -0.39 is 10.0 Å². The minimum atomic E-state index is -3.06. The molecule has 2 saturated heterocycles. The summed E-state index contributed by atoms with van der Waals surface area (Å²) in [6.07, 6.45) is 6.19. The van der Waals surface area contributed by atoms with E-state index in [0.29, 0.717) is 24.9 Å². The molecule has 0 aromatic heterocycles.